The van der Waals surface area contributed by atoms with E-state index in [1.54, 1.807) is 0 Å². The highest BCUT2D eigenvalue weighted by atomic mass is 16.5. The van der Waals surface area contributed by atoms with Gasteiger partial charge in [0.1, 0.15) is 0 Å². The van der Waals surface area contributed by atoms with Crippen LogP contribution in [0.15, 0.2) is 24.3 Å². The minimum Gasteiger partial charge on any atom is -0.469 e. The average Bonchev–Trinajstić information content (AvgIpc) is 2.39. The number of nitrogen functional groups attached to an aromatic ring is 1. The Morgan fingerprint density at radius 2 is 1.95 bits per heavy atom. The topological polar surface area (TPSA) is 81.4 Å². The lowest BCUT2D eigenvalue weighted by atomic mass is 9.97. The molecule has 0 fully saturated rings. The van der Waals surface area contributed by atoms with Crippen LogP contribution in [0.5, 0.6) is 0 Å². The number of amides is 1. The van der Waals surface area contributed by atoms with Gasteiger partial charge in [-0.25, -0.2) is 0 Å². The number of carbonyl (C=O) groups excluding carboxylic acids is 2. The summed E-state index contributed by atoms with van der Waals surface area (Å²) in [5.41, 5.74) is 7.39. The first kappa shape index (κ1) is 15.0. The van der Waals surface area contributed by atoms with Crippen LogP contribution >= 0.6 is 0 Å². The van der Waals surface area contributed by atoms with Crippen molar-refractivity contribution in [2.24, 2.45) is 0 Å². The van der Waals surface area contributed by atoms with Crippen LogP contribution < -0.4 is 11.1 Å². The summed E-state index contributed by atoms with van der Waals surface area (Å²) in [5.74, 6) is -0.293. The standard InChI is InChI=1S/C14H20N2O3/c1-10(11-3-5-12(15)6-4-11)9-13(17)16-8-7-14(18)19-2/h3-6,10H,7-9,15H2,1-2H3,(H,16,17). The lowest BCUT2D eigenvalue weighted by Gasteiger charge is -2.12. The van der Waals surface area contributed by atoms with Crippen molar-refractivity contribution in [1.82, 2.24) is 5.32 Å². The summed E-state index contributed by atoms with van der Waals surface area (Å²) in [5, 5.41) is 2.70. The quantitative estimate of drug-likeness (QED) is 0.601. The highest BCUT2D eigenvalue weighted by molar-refractivity contribution is 5.77. The first-order chi connectivity index (χ1) is 9.02. The van der Waals surface area contributed by atoms with Crippen molar-refractivity contribution in [2.45, 2.75) is 25.7 Å². The van der Waals surface area contributed by atoms with Crippen LogP contribution in [0.2, 0.25) is 0 Å². The summed E-state index contributed by atoms with van der Waals surface area (Å²) in [6, 6.07) is 7.48. The van der Waals surface area contributed by atoms with Crippen molar-refractivity contribution in [2.75, 3.05) is 19.4 Å². The second-order valence-electron chi connectivity index (χ2n) is 4.45. The zero-order chi connectivity index (χ0) is 14.3. The largest absolute Gasteiger partial charge is 0.469 e. The fourth-order valence-corrected chi connectivity index (χ4v) is 1.70. The second-order valence-corrected chi connectivity index (χ2v) is 4.45. The molecule has 3 N–H and O–H groups in total. The fraction of sp³-hybridized carbons (Fsp3) is 0.429. The number of nitrogens with one attached hydrogen (secondary N) is 1. The summed E-state index contributed by atoms with van der Waals surface area (Å²) in [7, 11) is 1.33. The van der Waals surface area contributed by atoms with Gasteiger partial charge in [0.15, 0.2) is 0 Å². The molecule has 5 heteroatoms. The van der Waals surface area contributed by atoms with E-state index in [1.165, 1.54) is 7.11 Å². The summed E-state index contributed by atoms with van der Waals surface area (Å²) in [6.45, 7) is 2.28. The number of carbonyl (C=O) groups is 2. The smallest absolute Gasteiger partial charge is 0.307 e. The third kappa shape index (κ3) is 5.42. The van der Waals surface area contributed by atoms with Crippen LogP contribution in [0.1, 0.15) is 31.2 Å². The average molecular weight is 264 g/mol. The summed E-state index contributed by atoms with van der Waals surface area (Å²) < 4.78 is 4.49. The summed E-state index contributed by atoms with van der Waals surface area (Å²) in [4.78, 5) is 22.6. The summed E-state index contributed by atoms with van der Waals surface area (Å²) >= 11 is 0. The molecule has 0 radical (unpaired) electrons. The number of anilines is 1. The van der Waals surface area contributed by atoms with Crippen LogP contribution in [0.25, 0.3) is 0 Å². The Morgan fingerprint density at radius 1 is 1.32 bits per heavy atom. The molecule has 0 heterocycles. The predicted molar refractivity (Wildman–Crippen MR) is 73.5 cm³/mol. The Hall–Kier alpha value is -2.04. The van der Waals surface area contributed by atoms with Crippen LogP contribution in [-0.2, 0) is 14.3 Å². The zero-order valence-corrected chi connectivity index (χ0v) is 11.3. The number of ether oxygens (including phenoxy) is 1. The molecule has 0 aliphatic rings. The monoisotopic (exact) mass is 264 g/mol. The van der Waals surface area contributed by atoms with Crippen molar-refractivity contribution in [3.8, 4) is 0 Å². The number of hydrogen-bond donors (Lipinski definition) is 2. The van der Waals surface area contributed by atoms with Gasteiger partial charge in [0.25, 0.3) is 0 Å². The number of methoxy groups -OCH3 is 1. The normalized spacial score (nSPS) is 11.7. The molecule has 0 saturated heterocycles. The molecule has 0 bridgehead atoms. The molecule has 0 aliphatic carbocycles. The van der Waals surface area contributed by atoms with E-state index in [0.717, 1.165) is 5.56 Å². The van der Waals surface area contributed by atoms with E-state index in [4.69, 9.17) is 5.73 Å². The van der Waals surface area contributed by atoms with Gasteiger partial charge in [-0.2, -0.15) is 0 Å². The van der Waals surface area contributed by atoms with Gasteiger partial charge in [0.2, 0.25) is 5.91 Å². The SMILES string of the molecule is COC(=O)CCNC(=O)CC(C)c1ccc(N)cc1. The highest BCUT2D eigenvalue weighted by Crippen LogP contribution is 2.19. The molecule has 104 valence electrons. The molecule has 1 aromatic carbocycles. The first-order valence-corrected chi connectivity index (χ1v) is 6.22. The van der Waals surface area contributed by atoms with E-state index in [2.05, 4.69) is 10.1 Å². The molecular weight excluding hydrogens is 244 g/mol. The zero-order valence-electron chi connectivity index (χ0n) is 11.3. The molecule has 1 rings (SSSR count). The Kier molecular flexibility index (Phi) is 5.85. The number of benzene rings is 1. The lowest BCUT2D eigenvalue weighted by molar-refractivity contribution is -0.140. The Morgan fingerprint density at radius 3 is 2.53 bits per heavy atom. The van der Waals surface area contributed by atoms with Gasteiger partial charge in [-0.1, -0.05) is 19.1 Å². The van der Waals surface area contributed by atoms with Crippen molar-refractivity contribution >= 4 is 17.6 Å². The van der Waals surface area contributed by atoms with Gasteiger partial charge < -0.3 is 15.8 Å². The minimum absolute atomic E-state index is 0.0757. The van der Waals surface area contributed by atoms with E-state index in [0.29, 0.717) is 18.7 Å². The highest BCUT2D eigenvalue weighted by Gasteiger charge is 2.11. The molecule has 1 aromatic rings. The maximum atomic E-state index is 11.7. The van der Waals surface area contributed by atoms with Crippen molar-refractivity contribution in [3.63, 3.8) is 0 Å². The molecule has 1 amide bonds. The molecule has 0 spiro atoms. The molecule has 0 aliphatic heterocycles. The number of nitrogens with two attached hydrogens (primary N) is 1. The number of rotatable bonds is 6. The van der Waals surface area contributed by atoms with E-state index >= 15 is 0 Å². The predicted octanol–water partition coefficient (Wildman–Crippen LogP) is 1.44. The maximum Gasteiger partial charge on any atom is 0.307 e. The molecule has 1 atom stereocenters. The first-order valence-electron chi connectivity index (χ1n) is 6.22. The van der Waals surface area contributed by atoms with Gasteiger partial charge in [-0.15, -0.1) is 0 Å². The molecule has 0 saturated carbocycles. The minimum atomic E-state index is -0.327. The Bertz CT molecular complexity index is 429. The van der Waals surface area contributed by atoms with Gasteiger partial charge in [0.05, 0.1) is 13.5 Å². The molecule has 5 nitrogen and oxygen atoms in total. The van der Waals surface area contributed by atoms with Crippen LogP contribution in [0.3, 0.4) is 0 Å². The third-order valence-electron chi connectivity index (χ3n) is 2.88. The van der Waals surface area contributed by atoms with Gasteiger partial charge in [-0.05, 0) is 23.6 Å². The van der Waals surface area contributed by atoms with Crippen molar-refractivity contribution < 1.29 is 14.3 Å². The lowest BCUT2D eigenvalue weighted by Crippen LogP contribution is -2.27. The van der Waals surface area contributed by atoms with Crippen LogP contribution in [-0.4, -0.2) is 25.5 Å². The second kappa shape index (κ2) is 7.41. The van der Waals surface area contributed by atoms with Crippen molar-refractivity contribution in [1.29, 1.82) is 0 Å². The molecule has 1 unspecified atom stereocenters. The van der Waals surface area contributed by atoms with Crippen LogP contribution in [0.4, 0.5) is 5.69 Å². The molecule has 19 heavy (non-hydrogen) atoms. The van der Waals surface area contributed by atoms with Crippen molar-refractivity contribution in [3.05, 3.63) is 29.8 Å². The van der Waals surface area contributed by atoms with E-state index in [1.807, 2.05) is 31.2 Å². The van der Waals surface area contributed by atoms with Gasteiger partial charge in [-0.3, -0.25) is 9.59 Å². The number of hydrogen-bond acceptors (Lipinski definition) is 4. The van der Waals surface area contributed by atoms with Gasteiger partial charge in [0, 0.05) is 18.7 Å². The van der Waals surface area contributed by atoms with E-state index in [9.17, 15) is 9.59 Å². The number of esters is 1. The fourth-order valence-electron chi connectivity index (χ4n) is 1.70. The Balaban J connectivity index is 2.35. The third-order valence-corrected chi connectivity index (χ3v) is 2.88. The van der Waals surface area contributed by atoms with Gasteiger partial charge >= 0.3 is 5.97 Å². The van der Waals surface area contributed by atoms with E-state index < -0.39 is 0 Å². The molecule has 0 aromatic heterocycles. The van der Waals surface area contributed by atoms with E-state index in [-0.39, 0.29) is 24.2 Å². The Labute approximate surface area is 113 Å². The molecular formula is C14H20N2O3. The summed E-state index contributed by atoms with van der Waals surface area (Å²) in [6.07, 6.45) is 0.573. The maximum absolute atomic E-state index is 11.7. The van der Waals surface area contributed by atoms with Crippen LogP contribution in [0, 0.1) is 0 Å².